The molecule has 0 saturated carbocycles. The molecule has 7 N–H and O–H groups in total. The quantitative estimate of drug-likeness (QED) is 0.318. The first-order chi connectivity index (χ1) is 16.4. The predicted octanol–water partition coefficient (Wildman–Crippen LogP) is 1.30. The molecule has 34 heavy (non-hydrogen) atoms. The number of carbonyl (C=O) groups is 1. The first kappa shape index (κ1) is 24.0. The minimum absolute atomic E-state index is 0.101. The monoisotopic (exact) mass is 471 g/mol. The van der Waals surface area contributed by atoms with E-state index in [1.54, 1.807) is 6.07 Å². The fourth-order valence-electron chi connectivity index (χ4n) is 4.28. The van der Waals surface area contributed by atoms with Crippen molar-refractivity contribution >= 4 is 23.3 Å². The summed E-state index contributed by atoms with van der Waals surface area (Å²) in [7, 11) is 0. The Morgan fingerprint density at radius 2 is 2.18 bits per heavy atom. The Hall–Kier alpha value is -3.15. The lowest BCUT2D eigenvalue weighted by atomic mass is 9.91. The highest BCUT2D eigenvalue weighted by molar-refractivity contribution is 5.89. The molecule has 3 heterocycles. The molecule has 11 nitrogen and oxygen atoms in total. The van der Waals surface area contributed by atoms with Crippen molar-refractivity contribution in [1.29, 1.82) is 0 Å². The molecule has 2 aromatic rings. The maximum atomic E-state index is 12.0. The van der Waals surface area contributed by atoms with Gasteiger partial charge in [-0.2, -0.15) is 9.97 Å². The fraction of sp³-hybridized carbons (Fsp3) is 0.522. The van der Waals surface area contributed by atoms with E-state index < -0.39 is 5.97 Å². The van der Waals surface area contributed by atoms with Gasteiger partial charge in [-0.15, -0.1) is 0 Å². The third-order valence-corrected chi connectivity index (χ3v) is 6.10. The molecule has 1 aromatic carbocycles. The molecule has 0 aliphatic carbocycles. The zero-order chi connectivity index (χ0) is 24.1. The molecule has 2 aliphatic rings. The lowest BCUT2D eigenvalue weighted by Gasteiger charge is -2.51. The van der Waals surface area contributed by atoms with Crippen LogP contribution in [0.5, 0.6) is 6.01 Å². The number of aromatic carboxylic acids is 1. The molecule has 1 spiro atoms. The number of rotatable bonds is 10. The van der Waals surface area contributed by atoms with Gasteiger partial charge in [0.05, 0.1) is 18.8 Å². The number of anilines is 3. The van der Waals surface area contributed by atoms with E-state index in [9.17, 15) is 9.90 Å². The number of likely N-dealkylation sites (tertiary alicyclic amines) is 1. The van der Waals surface area contributed by atoms with Crippen LogP contribution in [0, 0.1) is 0 Å². The molecular weight excluding hydrogens is 438 g/mol. The van der Waals surface area contributed by atoms with Crippen molar-refractivity contribution in [2.45, 2.75) is 38.5 Å². The van der Waals surface area contributed by atoms with Gasteiger partial charge in [0, 0.05) is 39.3 Å². The number of carboxylic acids is 1. The zero-order valence-corrected chi connectivity index (χ0v) is 19.5. The summed E-state index contributed by atoms with van der Waals surface area (Å²) in [6.07, 6.45) is 1.85. The number of hydrogen-bond acceptors (Lipinski definition) is 10. The van der Waals surface area contributed by atoms with Gasteiger partial charge in [0.15, 0.2) is 11.6 Å². The van der Waals surface area contributed by atoms with Crippen molar-refractivity contribution in [1.82, 2.24) is 20.2 Å². The number of carboxylic acid groups (broad SMARTS) is 1. The van der Waals surface area contributed by atoms with E-state index >= 15 is 0 Å². The standard InChI is InChI=1S/C23H33N7O4/c1-2-3-7-33-22-28-19(25)18(24)20(29-22)27-10-16-5-4-15(9-17(16)21(31)32)11-30-13-23(14-30)12-26-6-8-34-23/h4-5,9,26H,2-3,6-8,10-14,24H2,1H3,(H,31,32)(H3,25,27,28,29). The van der Waals surface area contributed by atoms with Crippen LogP contribution in [0.4, 0.5) is 17.3 Å². The van der Waals surface area contributed by atoms with Crippen LogP contribution in [0.25, 0.3) is 0 Å². The molecule has 2 aliphatic heterocycles. The van der Waals surface area contributed by atoms with Gasteiger partial charge >= 0.3 is 12.0 Å². The zero-order valence-electron chi connectivity index (χ0n) is 19.5. The van der Waals surface area contributed by atoms with Crippen LogP contribution in [-0.4, -0.2) is 70.9 Å². The van der Waals surface area contributed by atoms with Crippen LogP contribution in [-0.2, 0) is 17.8 Å². The van der Waals surface area contributed by atoms with Crippen molar-refractivity contribution in [3.63, 3.8) is 0 Å². The van der Waals surface area contributed by atoms with Crippen molar-refractivity contribution in [2.24, 2.45) is 0 Å². The smallest absolute Gasteiger partial charge is 0.336 e. The fourth-order valence-corrected chi connectivity index (χ4v) is 4.28. The van der Waals surface area contributed by atoms with E-state index in [1.165, 1.54) is 0 Å². The third-order valence-electron chi connectivity index (χ3n) is 6.10. The van der Waals surface area contributed by atoms with Gasteiger partial charge in [0.25, 0.3) is 0 Å². The highest BCUT2D eigenvalue weighted by Gasteiger charge is 2.44. The highest BCUT2D eigenvalue weighted by atomic mass is 16.5. The number of aromatic nitrogens is 2. The lowest BCUT2D eigenvalue weighted by Crippen LogP contribution is -2.69. The highest BCUT2D eigenvalue weighted by Crippen LogP contribution is 2.29. The summed E-state index contributed by atoms with van der Waals surface area (Å²) < 4.78 is 11.5. The Labute approximate surface area is 198 Å². The van der Waals surface area contributed by atoms with Crippen LogP contribution < -0.4 is 26.8 Å². The van der Waals surface area contributed by atoms with E-state index in [0.29, 0.717) is 24.5 Å². The Morgan fingerprint density at radius 3 is 2.88 bits per heavy atom. The van der Waals surface area contributed by atoms with Crippen LogP contribution in [0.15, 0.2) is 18.2 Å². The molecule has 11 heteroatoms. The molecule has 4 rings (SSSR count). The number of unbranched alkanes of at least 4 members (excludes halogenated alkanes) is 1. The molecule has 0 amide bonds. The average Bonchev–Trinajstić information content (AvgIpc) is 2.80. The summed E-state index contributed by atoms with van der Waals surface area (Å²) in [5, 5.41) is 16.3. The van der Waals surface area contributed by atoms with Gasteiger partial charge in [-0.25, -0.2) is 4.79 Å². The number of hydrogen-bond donors (Lipinski definition) is 5. The maximum absolute atomic E-state index is 12.0. The van der Waals surface area contributed by atoms with Crippen molar-refractivity contribution < 1.29 is 19.4 Å². The molecule has 0 bridgehead atoms. The summed E-state index contributed by atoms with van der Waals surface area (Å²) in [5.74, 6) is -0.564. The summed E-state index contributed by atoms with van der Waals surface area (Å²) in [6, 6.07) is 5.63. The number of morpholine rings is 1. The summed E-state index contributed by atoms with van der Waals surface area (Å²) in [6.45, 7) is 7.57. The molecule has 2 saturated heterocycles. The second-order valence-corrected chi connectivity index (χ2v) is 8.86. The average molecular weight is 472 g/mol. The molecule has 2 fully saturated rings. The van der Waals surface area contributed by atoms with E-state index in [2.05, 4.69) is 32.4 Å². The normalized spacial score (nSPS) is 17.3. The molecule has 0 unspecified atom stereocenters. The molecule has 0 atom stereocenters. The number of nitrogen functional groups attached to an aromatic ring is 2. The molecular formula is C23H33N7O4. The number of nitrogens with one attached hydrogen (secondary N) is 2. The van der Waals surface area contributed by atoms with Crippen molar-refractivity contribution in [2.75, 3.05) is 56.2 Å². The maximum Gasteiger partial charge on any atom is 0.336 e. The topological polar surface area (TPSA) is 161 Å². The number of nitrogens with zero attached hydrogens (tertiary/aromatic N) is 3. The summed E-state index contributed by atoms with van der Waals surface area (Å²) in [4.78, 5) is 22.6. The third kappa shape index (κ3) is 5.49. The largest absolute Gasteiger partial charge is 0.478 e. The van der Waals surface area contributed by atoms with Gasteiger partial charge < -0.3 is 36.7 Å². The number of nitrogens with two attached hydrogens (primary N) is 2. The predicted molar refractivity (Wildman–Crippen MR) is 129 cm³/mol. The van der Waals surface area contributed by atoms with Crippen LogP contribution in [0.1, 0.15) is 41.3 Å². The van der Waals surface area contributed by atoms with Gasteiger partial charge in [0.2, 0.25) is 0 Å². The molecule has 0 radical (unpaired) electrons. The SMILES string of the molecule is CCCCOc1nc(N)c(N)c(NCc2ccc(CN3CC4(CNCCO4)C3)cc2C(=O)O)n1. The molecule has 184 valence electrons. The first-order valence-corrected chi connectivity index (χ1v) is 11.6. The minimum Gasteiger partial charge on any atom is -0.478 e. The first-order valence-electron chi connectivity index (χ1n) is 11.6. The van der Waals surface area contributed by atoms with Gasteiger partial charge in [-0.1, -0.05) is 25.5 Å². The minimum atomic E-state index is -0.989. The van der Waals surface area contributed by atoms with Gasteiger partial charge in [-0.05, 0) is 23.6 Å². The van der Waals surface area contributed by atoms with Gasteiger partial charge in [0.1, 0.15) is 11.3 Å². The lowest BCUT2D eigenvalue weighted by molar-refractivity contribution is -0.158. The van der Waals surface area contributed by atoms with E-state index in [-0.39, 0.29) is 35.2 Å². The van der Waals surface area contributed by atoms with Crippen molar-refractivity contribution in [3.05, 3.63) is 34.9 Å². The van der Waals surface area contributed by atoms with Crippen molar-refractivity contribution in [3.8, 4) is 6.01 Å². The van der Waals surface area contributed by atoms with Crippen LogP contribution >= 0.6 is 0 Å². The summed E-state index contributed by atoms with van der Waals surface area (Å²) in [5.41, 5.74) is 13.8. The Bertz CT molecular complexity index is 1020. The van der Waals surface area contributed by atoms with E-state index in [0.717, 1.165) is 51.2 Å². The Morgan fingerprint density at radius 1 is 1.35 bits per heavy atom. The Balaban J connectivity index is 1.41. The second kappa shape index (κ2) is 10.4. The van der Waals surface area contributed by atoms with Crippen LogP contribution in [0.3, 0.4) is 0 Å². The van der Waals surface area contributed by atoms with E-state index in [4.69, 9.17) is 20.9 Å². The van der Waals surface area contributed by atoms with Gasteiger partial charge in [-0.3, -0.25) is 4.90 Å². The molecule has 1 aromatic heterocycles. The summed E-state index contributed by atoms with van der Waals surface area (Å²) >= 11 is 0. The van der Waals surface area contributed by atoms with Crippen LogP contribution in [0.2, 0.25) is 0 Å². The number of ether oxygens (including phenoxy) is 2. The Kier molecular flexibility index (Phi) is 7.35. The number of benzene rings is 1. The van der Waals surface area contributed by atoms with E-state index in [1.807, 2.05) is 12.1 Å². The second-order valence-electron chi connectivity index (χ2n) is 8.86.